The highest BCUT2D eigenvalue weighted by Gasteiger charge is 2.17. The van der Waals surface area contributed by atoms with Crippen LogP contribution < -0.4 is 9.64 Å². The third-order valence-electron chi connectivity index (χ3n) is 3.68. The van der Waals surface area contributed by atoms with Gasteiger partial charge in [0, 0.05) is 12.1 Å². The number of benzene rings is 1. The zero-order chi connectivity index (χ0) is 14.2. The Morgan fingerprint density at radius 3 is 2.95 bits per heavy atom. The van der Waals surface area contributed by atoms with E-state index >= 15 is 0 Å². The van der Waals surface area contributed by atoms with Crippen LogP contribution in [0.3, 0.4) is 0 Å². The van der Waals surface area contributed by atoms with Crippen LogP contribution in [0, 0.1) is 6.92 Å². The van der Waals surface area contributed by atoms with E-state index in [1.54, 1.807) is 4.52 Å². The van der Waals surface area contributed by atoms with Gasteiger partial charge < -0.3 is 9.64 Å². The Bertz CT molecular complexity index is 798. The first-order valence-corrected chi connectivity index (χ1v) is 6.96. The van der Waals surface area contributed by atoms with Gasteiger partial charge in [-0.15, -0.1) is 15.3 Å². The quantitative estimate of drug-likeness (QED) is 0.681. The topological polar surface area (TPSA) is 55.5 Å². The number of nitrogens with zero attached hydrogens (tertiary/aromatic N) is 5. The fraction of sp³-hybridized carbons (Fsp3) is 0.267. The minimum Gasteiger partial charge on any atom is -0.491 e. The van der Waals surface area contributed by atoms with Crippen LogP contribution in [0.15, 0.2) is 36.4 Å². The van der Waals surface area contributed by atoms with E-state index in [-0.39, 0.29) is 0 Å². The number of anilines is 1. The number of para-hydroxylation sites is 1. The lowest BCUT2D eigenvalue weighted by Gasteiger charge is -2.20. The molecule has 1 aliphatic rings. The largest absolute Gasteiger partial charge is 0.491 e. The Hall–Kier alpha value is -2.63. The molecule has 0 bridgehead atoms. The van der Waals surface area contributed by atoms with Crippen LogP contribution in [0.5, 0.6) is 5.75 Å². The standard InChI is InChI=1S/C15H15N5O/c1-11-16-17-14-6-7-15(18-20(11)14)19-8-9-21-13-5-3-2-4-12(13)10-19/h2-7H,8-10H2,1H3. The average Bonchev–Trinajstić information content (AvgIpc) is 2.76. The van der Waals surface area contributed by atoms with Gasteiger partial charge in [0.15, 0.2) is 11.5 Å². The molecule has 0 atom stereocenters. The monoisotopic (exact) mass is 281 g/mol. The predicted octanol–water partition coefficient (Wildman–Crippen LogP) is 1.83. The highest BCUT2D eigenvalue weighted by molar-refractivity contribution is 5.48. The SMILES string of the molecule is Cc1nnc2ccc(N3CCOc4ccccc4C3)nn12. The number of aromatic nitrogens is 4. The summed E-state index contributed by atoms with van der Waals surface area (Å²) in [6.07, 6.45) is 0. The Morgan fingerprint density at radius 1 is 1.10 bits per heavy atom. The third-order valence-corrected chi connectivity index (χ3v) is 3.68. The molecule has 0 radical (unpaired) electrons. The van der Waals surface area contributed by atoms with Crippen LogP contribution in [0.2, 0.25) is 0 Å². The van der Waals surface area contributed by atoms with Crippen molar-refractivity contribution < 1.29 is 4.74 Å². The Morgan fingerprint density at radius 2 is 2.00 bits per heavy atom. The van der Waals surface area contributed by atoms with E-state index in [1.165, 1.54) is 5.56 Å². The molecule has 0 fully saturated rings. The molecule has 6 nitrogen and oxygen atoms in total. The zero-order valence-corrected chi connectivity index (χ0v) is 11.7. The summed E-state index contributed by atoms with van der Waals surface area (Å²) in [5.41, 5.74) is 1.94. The molecule has 0 spiro atoms. The normalized spacial score (nSPS) is 14.6. The molecule has 0 amide bonds. The van der Waals surface area contributed by atoms with Gasteiger partial charge in [-0.1, -0.05) is 18.2 Å². The second-order valence-electron chi connectivity index (χ2n) is 5.09. The molecule has 6 heteroatoms. The van der Waals surface area contributed by atoms with E-state index in [2.05, 4.69) is 26.3 Å². The summed E-state index contributed by atoms with van der Waals surface area (Å²) in [6.45, 7) is 4.14. The minimum atomic E-state index is 0.651. The lowest BCUT2D eigenvalue weighted by Crippen LogP contribution is -2.26. The van der Waals surface area contributed by atoms with Crippen molar-refractivity contribution in [1.29, 1.82) is 0 Å². The molecule has 3 heterocycles. The first-order chi connectivity index (χ1) is 10.3. The summed E-state index contributed by atoms with van der Waals surface area (Å²) in [5.74, 6) is 2.66. The first-order valence-electron chi connectivity index (χ1n) is 6.96. The lowest BCUT2D eigenvalue weighted by molar-refractivity contribution is 0.331. The molecule has 4 rings (SSSR count). The van der Waals surface area contributed by atoms with Crippen LogP contribution in [-0.4, -0.2) is 33.0 Å². The summed E-state index contributed by atoms with van der Waals surface area (Å²) in [6, 6.07) is 12.1. The number of ether oxygens (including phenoxy) is 1. The van der Waals surface area contributed by atoms with Crippen molar-refractivity contribution in [2.45, 2.75) is 13.5 Å². The number of aryl methyl sites for hydroxylation is 1. The van der Waals surface area contributed by atoms with Gasteiger partial charge in [-0.3, -0.25) is 0 Å². The molecular weight excluding hydrogens is 266 g/mol. The summed E-state index contributed by atoms with van der Waals surface area (Å²) >= 11 is 0. The molecule has 21 heavy (non-hydrogen) atoms. The molecule has 0 unspecified atom stereocenters. The van der Waals surface area contributed by atoms with Gasteiger partial charge in [0.05, 0.1) is 6.54 Å². The van der Waals surface area contributed by atoms with Crippen molar-refractivity contribution in [2.24, 2.45) is 0 Å². The van der Waals surface area contributed by atoms with Gasteiger partial charge in [0.2, 0.25) is 0 Å². The molecule has 2 aromatic heterocycles. The summed E-state index contributed by atoms with van der Waals surface area (Å²) in [5, 5.41) is 12.7. The van der Waals surface area contributed by atoms with Gasteiger partial charge in [-0.05, 0) is 25.1 Å². The second-order valence-corrected chi connectivity index (χ2v) is 5.09. The van der Waals surface area contributed by atoms with Crippen molar-refractivity contribution in [1.82, 2.24) is 19.8 Å². The fourth-order valence-electron chi connectivity index (χ4n) is 2.58. The van der Waals surface area contributed by atoms with Crippen molar-refractivity contribution in [3.05, 3.63) is 47.8 Å². The van der Waals surface area contributed by atoms with Gasteiger partial charge >= 0.3 is 0 Å². The van der Waals surface area contributed by atoms with Gasteiger partial charge in [-0.25, -0.2) is 0 Å². The molecule has 0 aliphatic carbocycles. The van der Waals surface area contributed by atoms with Crippen LogP contribution in [-0.2, 0) is 6.54 Å². The second kappa shape index (κ2) is 4.73. The maximum absolute atomic E-state index is 5.80. The number of fused-ring (bicyclic) bond motifs is 2. The van der Waals surface area contributed by atoms with Crippen LogP contribution in [0.4, 0.5) is 5.82 Å². The highest BCUT2D eigenvalue weighted by Crippen LogP contribution is 2.25. The minimum absolute atomic E-state index is 0.651. The van der Waals surface area contributed by atoms with E-state index in [0.717, 1.165) is 36.1 Å². The van der Waals surface area contributed by atoms with Crippen LogP contribution in [0.25, 0.3) is 5.65 Å². The average molecular weight is 281 g/mol. The van der Waals surface area contributed by atoms with E-state index < -0.39 is 0 Å². The van der Waals surface area contributed by atoms with Crippen molar-refractivity contribution in [3.63, 3.8) is 0 Å². The van der Waals surface area contributed by atoms with E-state index in [0.29, 0.717) is 6.61 Å². The summed E-state index contributed by atoms with van der Waals surface area (Å²) < 4.78 is 7.57. The molecular formula is C15H15N5O. The Balaban J connectivity index is 1.73. The fourth-order valence-corrected chi connectivity index (χ4v) is 2.58. The molecule has 0 saturated heterocycles. The molecule has 1 aliphatic heterocycles. The molecule has 106 valence electrons. The number of rotatable bonds is 1. The van der Waals surface area contributed by atoms with E-state index in [9.17, 15) is 0 Å². The molecule has 0 saturated carbocycles. The van der Waals surface area contributed by atoms with E-state index in [4.69, 9.17) is 4.74 Å². The molecule has 3 aromatic rings. The Labute approximate surface area is 122 Å². The van der Waals surface area contributed by atoms with Gasteiger partial charge in [0.25, 0.3) is 0 Å². The molecule has 1 aromatic carbocycles. The summed E-state index contributed by atoms with van der Waals surface area (Å²) in [7, 11) is 0. The van der Waals surface area contributed by atoms with Crippen molar-refractivity contribution >= 4 is 11.5 Å². The first kappa shape index (κ1) is 12.1. The number of hydrogen-bond acceptors (Lipinski definition) is 5. The highest BCUT2D eigenvalue weighted by atomic mass is 16.5. The van der Waals surface area contributed by atoms with E-state index in [1.807, 2.05) is 37.3 Å². The maximum atomic E-state index is 5.80. The van der Waals surface area contributed by atoms with Gasteiger partial charge in [-0.2, -0.15) is 4.52 Å². The third kappa shape index (κ3) is 2.08. The van der Waals surface area contributed by atoms with Crippen LogP contribution >= 0.6 is 0 Å². The Kier molecular flexibility index (Phi) is 2.73. The van der Waals surface area contributed by atoms with Gasteiger partial charge in [0.1, 0.15) is 18.2 Å². The van der Waals surface area contributed by atoms with Crippen molar-refractivity contribution in [3.8, 4) is 5.75 Å². The smallest absolute Gasteiger partial charge is 0.178 e. The molecule has 0 N–H and O–H groups in total. The number of hydrogen-bond donors (Lipinski definition) is 0. The van der Waals surface area contributed by atoms with Crippen molar-refractivity contribution in [2.75, 3.05) is 18.1 Å². The maximum Gasteiger partial charge on any atom is 0.178 e. The summed E-state index contributed by atoms with van der Waals surface area (Å²) in [4.78, 5) is 2.21. The zero-order valence-electron chi connectivity index (χ0n) is 11.7. The predicted molar refractivity (Wildman–Crippen MR) is 78.5 cm³/mol. The lowest BCUT2D eigenvalue weighted by atomic mass is 10.2. The van der Waals surface area contributed by atoms with Crippen LogP contribution in [0.1, 0.15) is 11.4 Å².